The summed E-state index contributed by atoms with van der Waals surface area (Å²) in [5.41, 5.74) is 0. The van der Waals surface area contributed by atoms with Crippen molar-refractivity contribution in [2.24, 2.45) is 0 Å². The number of phosphoric acid groups is 1. The summed E-state index contributed by atoms with van der Waals surface area (Å²) in [6, 6.07) is 0. The zero-order valence-electron chi connectivity index (χ0n) is 35.2. The number of quaternary nitrogens is 1. The van der Waals surface area contributed by atoms with E-state index >= 15 is 0 Å². The second-order valence-corrected chi connectivity index (χ2v) is 16.7. The van der Waals surface area contributed by atoms with Crippen molar-refractivity contribution in [2.45, 2.75) is 174 Å². The lowest BCUT2D eigenvalue weighted by atomic mass is 10.1. The van der Waals surface area contributed by atoms with Gasteiger partial charge in [0.1, 0.15) is 19.8 Å². The summed E-state index contributed by atoms with van der Waals surface area (Å²) in [6.45, 7) is 4.06. The summed E-state index contributed by atoms with van der Waals surface area (Å²) in [6.07, 6.45) is 41.4. The third kappa shape index (κ3) is 39.7. The number of phosphoric ester groups is 1. The number of ether oxygens (including phenoxy) is 2. The fourth-order valence-electron chi connectivity index (χ4n) is 5.49. The molecular formula is C44H80NO8P. The Morgan fingerprint density at radius 3 is 1.61 bits per heavy atom. The first kappa shape index (κ1) is 52.0. The number of allylic oxidation sites excluding steroid dienone is 8. The average molecular weight is 782 g/mol. The molecule has 54 heavy (non-hydrogen) atoms. The van der Waals surface area contributed by atoms with Crippen LogP contribution < -0.4 is 4.89 Å². The Morgan fingerprint density at radius 2 is 1.06 bits per heavy atom. The van der Waals surface area contributed by atoms with Crippen molar-refractivity contribution in [3.63, 3.8) is 0 Å². The molecule has 0 rings (SSSR count). The summed E-state index contributed by atoms with van der Waals surface area (Å²) < 4.78 is 33.8. The van der Waals surface area contributed by atoms with E-state index in [1.165, 1.54) is 51.4 Å². The van der Waals surface area contributed by atoms with E-state index in [2.05, 4.69) is 62.5 Å². The molecule has 0 spiro atoms. The van der Waals surface area contributed by atoms with E-state index in [-0.39, 0.29) is 26.1 Å². The van der Waals surface area contributed by atoms with Gasteiger partial charge >= 0.3 is 11.9 Å². The van der Waals surface area contributed by atoms with Gasteiger partial charge in [0.05, 0.1) is 27.7 Å². The molecule has 0 aromatic rings. The lowest BCUT2D eigenvalue weighted by Gasteiger charge is -2.28. The van der Waals surface area contributed by atoms with E-state index in [0.717, 1.165) is 77.0 Å². The number of rotatable bonds is 38. The fraction of sp³-hybridized carbons (Fsp3) is 0.773. The summed E-state index contributed by atoms with van der Waals surface area (Å²) in [5, 5.41) is 0. The molecule has 9 nitrogen and oxygen atoms in total. The van der Waals surface area contributed by atoms with Crippen LogP contribution in [0.15, 0.2) is 48.6 Å². The number of carbonyl (C=O) groups is 2. The highest BCUT2D eigenvalue weighted by atomic mass is 31.2. The van der Waals surface area contributed by atoms with Crippen LogP contribution in [0, 0.1) is 0 Å². The molecule has 0 radical (unpaired) electrons. The Bertz CT molecular complexity index is 1070. The van der Waals surface area contributed by atoms with Gasteiger partial charge in [-0.1, -0.05) is 133 Å². The Kier molecular flexibility index (Phi) is 35.2. The molecule has 0 aliphatic carbocycles. The molecule has 0 saturated heterocycles. The summed E-state index contributed by atoms with van der Waals surface area (Å²) in [7, 11) is 1.14. The topological polar surface area (TPSA) is 111 Å². The zero-order valence-corrected chi connectivity index (χ0v) is 36.0. The molecule has 0 aromatic heterocycles. The molecule has 0 aliphatic rings. The van der Waals surface area contributed by atoms with Gasteiger partial charge in [0.15, 0.2) is 6.10 Å². The van der Waals surface area contributed by atoms with E-state index in [1.54, 1.807) is 0 Å². The minimum atomic E-state index is -4.63. The van der Waals surface area contributed by atoms with Gasteiger partial charge in [-0.15, -0.1) is 0 Å². The Labute approximate surface area is 331 Å². The maximum Gasteiger partial charge on any atom is 0.306 e. The van der Waals surface area contributed by atoms with Crippen LogP contribution in [0.2, 0.25) is 0 Å². The minimum Gasteiger partial charge on any atom is -0.756 e. The Balaban J connectivity index is 4.43. The van der Waals surface area contributed by atoms with Crippen molar-refractivity contribution in [3.8, 4) is 0 Å². The third-order valence-electron chi connectivity index (χ3n) is 8.83. The number of unbranched alkanes of at least 4 members (excludes halogenated alkanes) is 16. The monoisotopic (exact) mass is 782 g/mol. The van der Waals surface area contributed by atoms with Gasteiger partial charge in [0.2, 0.25) is 0 Å². The van der Waals surface area contributed by atoms with Crippen LogP contribution in [0.3, 0.4) is 0 Å². The van der Waals surface area contributed by atoms with Crippen molar-refractivity contribution >= 4 is 19.8 Å². The molecule has 0 bridgehead atoms. The van der Waals surface area contributed by atoms with Crippen LogP contribution in [0.5, 0.6) is 0 Å². The molecular weight excluding hydrogens is 701 g/mol. The number of hydrogen-bond acceptors (Lipinski definition) is 8. The molecule has 0 aromatic carbocycles. The van der Waals surface area contributed by atoms with Crippen LogP contribution in [0.1, 0.15) is 168 Å². The largest absolute Gasteiger partial charge is 0.756 e. The summed E-state index contributed by atoms with van der Waals surface area (Å²) in [5.74, 6) is -0.875. The van der Waals surface area contributed by atoms with Crippen molar-refractivity contribution in [1.29, 1.82) is 0 Å². The first-order valence-corrected chi connectivity index (χ1v) is 22.8. The first-order valence-electron chi connectivity index (χ1n) is 21.3. The minimum absolute atomic E-state index is 0.0379. The smallest absolute Gasteiger partial charge is 0.306 e. The second kappa shape index (κ2) is 36.6. The van der Waals surface area contributed by atoms with Crippen LogP contribution in [-0.2, 0) is 32.7 Å². The van der Waals surface area contributed by atoms with Gasteiger partial charge in [-0.3, -0.25) is 14.2 Å². The molecule has 0 N–H and O–H groups in total. The van der Waals surface area contributed by atoms with E-state index in [4.69, 9.17) is 18.5 Å². The van der Waals surface area contributed by atoms with Gasteiger partial charge < -0.3 is 27.9 Å². The molecule has 0 aliphatic heterocycles. The van der Waals surface area contributed by atoms with Gasteiger partial charge in [-0.2, -0.15) is 0 Å². The lowest BCUT2D eigenvalue weighted by molar-refractivity contribution is -0.870. The first-order chi connectivity index (χ1) is 26.0. The Morgan fingerprint density at radius 1 is 0.593 bits per heavy atom. The molecule has 314 valence electrons. The number of nitrogens with zero attached hydrogens (tertiary/aromatic N) is 1. The number of esters is 2. The molecule has 0 amide bonds. The SMILES string of the molecule is CC/C=C/C/C=C/C/C=C/CCCCCCCC(=O)OC[C@H](COP(=O)([O-])OCC[N+](C)(C)C)OC(=O)CCCCC/C=C/CCCCCCCCCC. The quantitative estimate of drug-likeness (QED) is 0.0200. The summed E-state index contributed by atoms with van der Waals surface area (Å²) >= 11 is 0. The molecule has 10 heteroatoms. The molecule has 1 unspecified atom stereocenters. The highest BCUT2D eigenvalue weighted by molar-refractivity contribution is 7.45. The predicted octanol–water partition coefficient (Wildman–Crippen LogP) is 11.3. The van der Waals surface area contributed by atoms with Crippen molar-refractivity contribution < 1.29 is 42.1 Å². The zero-order chi connectivity index (χ0) is 40.0. The predicted molar refractivity (Wildman–Crippen MR) is 222 cm³/mol. The maximum absolute atomic E-state index is 12.6. The van der Waals surface area contributed by atoms with E-state index in [1.807, 2.05) is 21.1 Å². The molecule has 0 heterocycles. The van der Waals surface area contributed by atoms with Gasteiger partial charge in [-0.25, -0.2) is 0 Å². The Hall–Kier alpha value is -2.03. The normalized spacial score (nSPS) is 14.1. The highest BCUT2D eigenvalue weighted by Crippen LogP contribution is 2.38. The number of carbonyl (C=O) groups excluding carboxylic acids is 2. The second-order valence-electron chi connectivity index (χ2n) is 15.3. The van der Waals surface area contributed by atoms with E-state index in [9.17, 15) is 19.0 Å². The van der Waals surface area contributed by atoms with E-state index < -0.39 is 32.5 Å². The van der Waals surface area contributed by atoms with Gasteiger partial charge in [0.25, 0.3) is 7.82 Å². The third-order valence-corrected chi connectivity index (χ3v) is 9.80. The van der Waals surface area contributed by atoms with Crippen LogP contribution >= 0.6 is 7.82 Å². The average Bonchev–Trinajstić information content (AvgIpc) is 3.12. The van der Waals surface area contributed by atoms with Crippen LogP contribution in [0.25, 0.3) is 0 Å². The van der Waals surface area contributed by atoms with Crippen molar-refractivity contribution in [2.75, 3.05) is 47.5 Å². The van der Waals surface area contributed by atoms with Crippen molar-refractivity contribution in [1.82, 2.24) is 0 Å². The standard InChI is InChI=1S/C44H80NO8P/c1-6-8-10-12-14-16-18-20-22-24-26-28-30-32-34-36-43(46)50-40-42(41-52-54(48,49)51-39-38-45(3,4)5)53-44(47)37-35-33-31-29-27-25-23-21-19-17-15-13-11-9-7-2/h8,10,14,16,20,22,25,27,42H,6-7,9,11-13,15,17-19,21,23-24,26,28-41H2,1-5H3/b10-8+,16-14+,22-20+,27-25+/t42-/m1/s1. The number of likely N-dealkylation sites (N-methyl/N-ethyl adjacent to an activating group) is 1. The highest BCUT2D eigenvalue weighted by Gasteiger charge is 2.21. The van der Waals surface area contributed by atoms with Crippen LogP contribution in [-0.4, -0.2) is 70.0 Å². The van der Waals surface area contributed by atoms with Gasteiger partial charge in [-0.05, 0) is 70.6 Å². The van der Waals surface area contributed by atoms with Crippen LogP contribution in [0.4, 0.5) is 0 Å². The number of hydrogen-bond donors (Lipinski definition) is 0. The maximum atomic E-state index is 12.6. The fourth-order valence-corrected chi connectivity index (χ4v) is 6.21. The molecule has 0 saturated carbocycles. The van der Waals surface area contributed by atoms with Gasteiger partial charge in [0, 0.05) is 12.8 Å². The summed E-state index contributed by atoms with van der Waals surface area (Å²) in [4.78, 5) is 37.5. The van der Waals surface area contributed by atoms with Crippen molar-refractivity contribution in [3.05, 3.63) is 48.6 Å². The lowest BCUT2D eigenvalue weighted by Crippen LogP contribution is -2.37. The molecule has 2 atom stereocenters. The molecule has 0 fully saturated rings. The van der Waals surface area contributed by atoms with E-state index in [0.29, 0.717) is 23.9 Å².